The minimum Gasteiger partial charge on any atom is -0.348 e. The van der Waals surface area contributed by atoms with Gasteiger partial charge in [-0.05, 0) is 92.8 Å². The molecular formula is C20H23FN4OS. The van der Waals surface area contributed by atoms with E-state index in [2.05, 4.69) is 15.5 Å². The highest BCUT2D eigenvalue weighted by molar-refractivity contribution is 7.71. The maximum absolute atomic E-state index is 13.2. The smallest absolute Gasteiger partial charge is 0.226 e. The lowest BCUT2D eigenvalue weighted by atomic mass is 9.49. The third-order valence-electron chi connectivity index (χ3n) is 6.75. The molecule has 1 heterocycles. The molecule has 2 N–H and O–H groups in total. The Labute approximate surface area is 162 Å². The third kappa shape index (κ3) is 2.92. The fourth-order valence-electron chi connectivity index (χ4n) is 6.04. The fraction of sp³-hybridized carbons (Fsp3) is 0.550. The minimum atomic E-state index is -0.301. The van der Waals surface area contributed by atoms with Gasteiger partial charge in [0.05, 0.1) is 6.54 Å². The Bertz CT molecular complexity index is 897. The molecule has 4 aliphatic rings. The topological polar surface area (TPSA) is 62.7 Å². The fourth-order valence-corrected chi connectivity index (χ4v) is 6.30. The van der Waals surface area contributed by atoms with Crippen LogP contribution in [0.5, 0.6) is 0 Å². The van der Waals surface area contributed by atoms with Crippen LogP contribution >= 0.6 is 12.2 Å². The van der Waals surface area contributed by atoms with Gasteiger partial charge in [-0.15, -0.1) is 0 Å². The number of carbonyl (C=O) groups excluding carboxylic acids is 1. The molecule has 0 aliphatic heterocycles. The molecule has 4 fully saturated rings. The van der Waals surface area contributed by atoms with E-state index in [1.807, 2.05) is 0 Å². The van der Waals surface area contributed by atoms with Crippen molar-refractivity contribution in [1.29, 1.82) is 0 Å². The summed E-state index contributed by atoms with van der Waals surface area (Å²) in [6, 6.07) is 6.10. The lowest BCUT2D eigenvalue weighted by Gasteiger charge is -2.55. The molecule has 0 spiro atoms. The van der Waals surface area contributed by atoms with Crippen LogP contribution in [0.4, 0.5) is 4.39 Å². The highest BCUT2D eigenvalue weighted by atomic mass is 32.1. The molecule has 4 saturated carbocycles. The second-order valence-corrected chi connectivity index (χ2v) is 9.02. The number of hydrogen-bond acceptors (Lipinski definition) is 3. The lowest BCUT2D eigenvalue weighted by molar-refractivity contribution is -0.146. The minimum absolute atomic E-state index is 0.168. The highest BCUT2D eigenvalue weighted by Crippen LogP contribution is 2.60. The molecule has 2 aromatic rings. The van der Waals surface area contributed by atoms with E-state index < -0.39 is 0 Å². The third-order valence-corrected chi connectivity index (χ3v) is 7.03. The maximum atomic E-state index is 13.2. The van der Waals surface area contributed by atoms with Gasteiger partial charge in [0.1, 0.15) is 5.82 Å². The first-order chi connectivity index (χ1) is 13.0. The molecule has 0 unspecified atom stereocenters. The molecule has 0 atom stereocenters. The zero-order valence-corrected chi connectivity index (χ0v) is 15.9. The van der Waals surface area contributed by atoms with Crippen LogP contribution in [0.2, 0.25) is 0 Å². The standard InChI is InChI=1S/C20H23FN4OS/c21-15-1-3-16(4-2-15)25-17(23-24-19(25)27)11-22-18(26)20-8-12-5-13(9-20)7-14(6-12)10-20/h1-4,12-14H,5-11H2,(H,22,26)(H,24,27). The number of aromatic nitrogens is 3. The molecule has 6 rings (SSSR count). The van der Waals surface area contributed by atoms with Crippen LogP contribution in [-0.2, 0) is 11.3 Å². The zero-order valence-electron chi connectivity index (χ0n) is 15.1. The molecule has 0 radical (unpaired) electrons. The van der Waals surface area contributed by atoms with E-state index in [0.717, 1.165) is 42.7 Å². The molecule has 1 amide bonds. The lowest BCUT2D eigenvalue weighted by Crippen LogP contribution is -2.53. The molecule has 1 aromatic heterocycles. The van der Waals surface area contributed by atoms with Crippen molar-refractivity contribution in [3.05, 3.63) is 40.7 Å². The molecular weight excluding hydrogens is 363 g/mol. The summed E-state index contributed by atoms with van der Waals surface area (Å²) in [6.45, 7) is 0.311. The van der Waals surface area contributed by atoms with Gasteiger partial charge in [0, 0.05) is 11.1 Å². The van der Waals surface area contributed by atoms with Gasteiger partial charge in [-0.25, -0.2) is 4.39 Å². The van der Waals surface area contributed by atoms with Crippen LogP contribution in [0.1, 0.15) is 44.3 Å². The summed E-state index contributed by atoms with van der Waals surface area (Å²) in [7, 11) is 0. The molecule has 1 aromatic carbocycles. The number of halogens is 1. The van der Waals surface area contributed by atoms with Crippen LogP contribution < -0.4 is 5.32 Å². The summed E-state index contributed by atoms with van der Waals surface area (Å²) in [6.07, 6.45) is 7.06. The van der Waals surface area contributed by atoms with Crippen molar-refractivity contribution in [3.63, 3.8) is 0 Å². The first-order valence-corrected chi connectivity index (χ1v) is 10.1. The molecule has 4 aliphatic carbocycles. The normalized spacial score (nSPS) is 31.2. The number of carbonyl (C=O) groups is 1. The number of nitrogens with zero attached hydrogens (tertiary/aromatic N) is 2. The van der Waals surface area contributed by atoms with Gasteiger partial charge in [-0.3, -0.25) is 14.5 Å². The Morgan fingerprint density at radius 1 is 1.19 bits per heavy atom. The van der Waals surface area contributed by atoms with Crippen molar-refractivity contribution >= 4 is 18.1 Å². The van der Waals surface area contributed by atoms with Crippen LogP contribution in [0.3, 0.4) is 0 Å². The zero-order chi connectivity index (χ0) is 18.6. The summed E-state index contributed by atoms with van der Waals surface area (Å²) in [5.74, 6) is 2.69. The SMILES string of the molecule is O=C(NCc1n[nH]c(=S)n1-c1ccc(F)cc1)C12CC3CC(CC(C3)C1)C2. The van der Waals surface area contributed by atoms with Crippen molar-refractivity contribution in [2.45, 2.75) is 45.1 Å². The monoisotopic (exact) mass is 386 g/mol. The Morgan fingerprint density at radius 2 is 1.78 bits per heavy atom. The summed E-state index contributed by atoms with van der Waals surface area (Å²) < 4.78 is 15.4. The average molecular weight is 386 g/mol. The number of nitrogens with one attached hydrogen (secondary N) is 2. The quantitative estimate of drug-likeness (QED) is 0.784. The average Bonchev–Trinajstić information content (AvgIpc) is 3.00. The maximum Gasteiger partial charge on any atom is 0.226 e. The number of hydrogen-bond donors (Lipinski definition) is 2. The molecule has 5 nitrogen and oxygen atoms in total. The second-order valence-electron chi connectivity index (χ2n) is 8.64. The first-order valence-electron chi connectivity index (χ1n) is 9.73. The van der Waals surface area contributed by atoms with Crippen molar-refractivity contribution in [2.24, 2.45) is 23.2 Å². The van der Waals surface area contributed by atoms with Crippen molar-refractivity contribution in [1.82, 2.24) is 20.1 Å². The molecule has 7 heteroatoms. The molecule has 142 valence electrons. The summed E-state index contributed by atoms with van der Waals surface area (Å²) in [5, 5.41) is 10.2. The Morgan fingerprint density at radius 3 is 2.37 bits per heavy atom. The predicted molar refractivity (Wildman–Crippen MR) is 101 cm³/mol. The van der Waals surface area contributed by atoms with Crippen molar-refractivity contribution < 1.29 is 9.18 Å². The van der Waals surface area contributed by atoms with E-state index in [9.17, 15) is 9.18 Å². The molecule has 0 saturated heterocycles. The van der Waals surface area contributed by atoms with Gasteiger partial charge in [0.25, 0.3) is 0 Å². The van der Waals surface area contributed by atoms with Gasteiger partial charge >= 0.3 is 0 Å². The highest BCUT2D eigenvalue weighted by Gasteiger charge is 2.54. The van der Waals surface area contributed by atoms with Crippen LogP contribution in [0.25, 0.3) is 5.69 Å². The molecule has 27 heavy (non-hydrogen) atoms. The number of H-pyrrole nitrogens is 1. The van der Waals surface area contributed by atoms with E-state index in [0.29, 0.717) is 17.1 Å². The van der Waals surface area contributed by atoms with Gasteiger partial charge in [0.15, 0.2) is 10.6 Å². The van der Waals surface area contributed by atoms with Crippen molar-refractivity contribution in [2.75, 3.05) is 0 Å². The Kier molecular flexibility index (Phi) is 3.96. The number of aromatic amines is 1. The van der Waals surface area contributed by atoms with Gasteiger partial charge in [-0.1, -0.05) is 0 Å². The molecule has 4 bridgehead atoms. The summed E-state index contributed by atoms with van der Waals surface area (Å²) in [4.78, 5) is 13.1. The Hall–Kier alpha value is -2.02. The van der Waals surface area contributed by atoms with Crippen LogP contribution in [0.15, 0.2) is 24.3 Å². The number of benzene rings is 1. The van der Waals surface area contributed by atoms with Crippen LogP contribution in [0, 0.1) is 33.8 Å². The van der Waals surface area contributed by atoms with Gasteiger partial charge in [-0.2, -0.15) is 5.10 Å². The van der Waals surface area contributed by atoms with Crippen LogP contribution in [-0.4, -0.2) is 20.7 Å². The van der Waals surface area contributed by atoms with E-state index in [-0.39, 0.29) is 17.1 Å². The van der Waals surface area contributed by atoms with E-state index in [4.69, 9.17) is 12.2 Å². The summed E-state index contributed by atoms with van der Waals surface area (Å²) in [5.41, 5.74) is 0.553. The second kappa shape index (κ2) is 6.26. The van der Waals surface area contributed by atoms with Crippen molar-refractivity contribution in [3.8, 4) is 5.69 Å². The largest absolute Gasteiger partial charge is 0.348 e. The van der Waals surface area contributed by atoms with Gasteiger partial charge in [0.2, 0.25) is 5.91 Å². The van der Waals surface area contributed by atoms with E-state index in [1.54, 1.807) is 16.7 Å². The summed E-state index contributed by atoms with van der Waals surface area (Å²) >= 11 is 5.32. The number of rotatable bonds is 4. The predicted octanol–water partition coefficient (Wildman–Crippen LogP) is 3.90. The number of amides is 1. The van der Waals surface area contributed by atoms with Gasteiger partial charge < -0.3 is 5.32 Å². The first kappa shape index (κ1) is 17.1. The Balaban J connectivity index is 1.34. The van der Waals surface area contributed by atoms with E-state index >= 15 is 0 Å². The van der Waals surface area contributed by atoms with E-state index in [1.165, 1.54) is 31.4 Å².